The van der Waals surface area contributed by atoms with E-state index in [4.69, 9.17) is 37.0 Å². The minimum absolute atomic E-state index is 0.101. The molecule has 516 valence electrons. The lowest BCUT2D eigenvalue weighted by Crippen LogP contribution is -2.30. The molecule has 17 nitrogen and oxygen atoms in total. The second-order valence-electron chi connectivity index (χ2n) is 26.5. The lowest BCUT2D eigenvalue weighted by Gasteiger charge is -2.21. The van der Waals surface area contributed by atoms with Crippen molar-refractivity contribution < 1.29 is 80.2 Å². The molecule has 0 amide bonds. The second-order valence-corrected chi connectivity index (χ2v) is 29.4. The van der Waals surface area contributed by atoms with Gasteiger partial charge >= 0.3 is 39.5 Å². The Labute approximate surface area is 530 Å². The topological polar surface area (TPSA) is 237 Å². The number of ether oxygens (including phenoxy) is 4. The van der Waals surface area contributed by atoms with Crippen molar-refractivity contribution in [3.8, 4) is 0 Å². The zero-order chi connectivity index (χ0) is 64.7. The average Bonchev–Trinajstić information content (AvgIpc) is 3.51. The van der Waals surface area contributed by atoms with Crippen LogP contribution in [0.2, 0.25) is 0 Å². The van der Waals surface area contributed by atoms with Crippen molar-refractivity contribution in [3.05, 3.63) is 0 Å². The highest BCUT2D eigenvalue weighted by Gasteiger charge is 2.30. The molecule has 0 aromatic rings. The number of hydrogen-bond donors (Lipinski definition) is 3. The molecule has 3 N–H and O–H groups in total. The number of unbranched alkanes of at least 4 members (excludes halogenated alkanes) is 31. The van der Waals surface area contributed by atoms with Crippen LogP contribution in [0.3, 0.4) is 0 Å². The fourth-order valence-corrected chi connectivity index (χ4v) is 11.7. The van der Waals surface area contributed by atoms with Crippen molar-refractivity contribution in [3.63, 3.8) is 0 Å². The van der Waals surface area contributed by atoms with Gasteiger partial charge in [-0.25, -0.2) is 9.13 Å². The lowest BCUT2D eigenvalue weighted by atomic mass is 10.0. The first-order valence-corrected chi connectivity index (χ1v) is 38.2. The van der Waals surface area contributed by atoms with E-state index >= 15 is 0 Å². The molecule has 0 heterocycles. The minimum Gasteiger partial charge on any atom is -0.462 e. The highest BCUT2D eigenvalue weighted by molar-refractivity contribution is 7.47. The molecule has 0 aromatic carbocycles. The summed E-state index contributed by atoms with van der Waals surface area (Å²) in [5, 5.41) is 10.6. The van der Waals surface area contributed by atoms with Gasteiger partial charge in [0, 0.05) is 25.7 Å². The van der Waals surface area contributed by atoms with Crippen LogP contribution in [0.1, 0.15) is 331 Å². The van der Waals surface area contributed by atoms with Gasteiger partial charge in [-0.1, -0.05) is 280 Å². The van der Waals surface area contributed by atoms with Crippen LogP contribution in [-0.2, 0) is 65.4 Å². The predicted molar refractivity (Wildman–Crippen MR) is 349 cm³/mol. The molecule has 0 saturated carbocycles. The number of esters is 4. The van der Waals surface area contributed by atoms with Crippen LogP contribution in [0.15, 0.2) is 0 Å². The summed E-state index contributed by atoms with van der Waals surface area (Å²) in [4.78, 5) is 72.4. The fourth-order valence-electron chi connectivity index (χ4n) is 10.1. The fraction of sp³-hybridized carbons (Fsp3) is 0.941. The van der Waals surface area contributed by atoms with Crippen LogP contribution < -0.4 is 0 Å². The third kappa shape index (κ3) is 62.6. The molecule has 3 unspecified atom stereocenters. The third-order valence-electron chi connectivity index (χ3n) is 15.6. The van der Waals surface area contributed by atoms with Gasteiger partial charge in [0.1, 0.15) is 19.3 Å². The molecule has 0 aliphatic rings. The van der Waals surface area contributed by atoms with Gasteiger partial charge in [0.15, 0.2) is 12.2 Å². The monoisotopic (exact) mass is 1280 g/mol. The van der Waals surface area contributed by atoms with Crippen LogP contribution in [0.5, 0.6) is 0 Å². The normalized spacial score (nSPS) is 14.3. The predicted octanol–water partition coefficient (Wildman–Crippen LogP) is 18.9. The second kappa shape index (κ2) is 57.9. The van der Waals surface area contributed by atoms with Gasteiger partial charge in [0.05, 0.1) is 26.4 Å². The Hall–Kier alpha value is -1.94. The Morgan fingerprint density at radius 1 is 0.287 bits per heavy atom. The maximum absolute atomic E-state index is 13.0. The van der Waals surface area contributed by atoms with Gasteiger partial charge in [0.25, 0.3) is 0 Å². The molecule has 0 aliphatic carbocycles. The molecule has 87 heavy (non-hydrogen) atoms. The van der Waals surface area contributed by atoms with Crippen LogP contribution in [-0.4, -0.2) is 96.7 Å². The molecule has 5 atom stereocenters. The molecular formula is C68H132O17P2. The maximum Gasteiger partial charge on any atom is 0.472 e. The van der Waals surface area contributed by atoms with Gasteiger partial charge in [-0.3, -0.25) is 37.3 Å². The molecule has 19 heteroatoms. The molecule has 0 radical (unpaired) electrons. The van der Waals surface area contributed by atoms with E-state index in [-0.39, 0.29) is 25.7 Å². The number of rotatable bonds is 65. The Kier molecular flexibility index (Phi) is 56.6. The number of carbonyl (C=O) groups is 4. The number of hydrogen-bond acceptors (Lipinski definition) is 15. The maximum atomic E-state index is 13.0. The van der Waals surface area contributed by atoms with Gasteiger partial charge < -0.3 is 33.8 Å². The largest absolute Gasteiger partial charge is 0.472 e. The number of phosphoric acid groups is 2. The molecule has 0 bridgehead atoms. The summed E-state index contributed by atoms with van der Waals surface area (Å²) in [6, 6.07) is 0. The zero-order valence-corrected chi connectivity index (χ0v) is 58.4. The van der Waals surface area contributed by atoms with Crippen LogP contribution in [0.25, 0.3) is 0 Å². The van der Waals surface area contributed by atoms with Crippen molar-refractivity contribution in [2.24, 2.45) is 23.7 Å². The number of carbonyl (C=O) groups excluding carboxylic acids is 4. The van der Waals surface area contributed by atoms with Gasteiger partial charge in [0.2, 0.25) is 0 Å². The molecule has 0 aliphatic heterocycles. The third-order valence-corrected chi connectivity index (χ3v) is 17.5. The first-order valence-electron chi connectivity index (χ1n) is 35.2. The van der Waals surface area contributed by atoms with E-state index in [1.807, 2.05) is 0 Å². The zero-order valence-electron chi connectivity index (χ0n) is 56.6. The molecule has 0 aromatic heterocycles. The van der Waals surface area contributed by atoms with E-state index < -0.39 is 97.5 Å². The van der Waals surface area contributed by atoms with E-state index in [1.165, 1.54) is 128 Å². The molecular weight excluding hydrogens is 1150 g/mol. The summed E-state index contributed by atoms with van der Waals surface area (Å²) in [5.74, 6) is 0.773. The van der Waals surface area contributed by atoms with Crippen molar-refractivity contribution in [1.29, 1.82) is 0 Å². The Balaban J connectivity index is 5.24. The molecule has 0 rings (SSSR count). The van der Waals surface area contributed by atoms with Crippen molar-refractivity contribution in [2.45, 2.75) is 350 Å². The highest BCUT2D eigenvalue weighted by atomic mass is 31.2. The van der Waals surface area contributed by atoms with E-state index in [0.29, 0.717) is 37.5 Å². The van der Waals surface area contributed by atoms with Crippen molar-refractivity contribution in [2.75, 3.05) is 39.6 Å². The summed E-state index contributed by atoms with van der Waals surface area (Å²) in [7, 11) is -9.90. The van der Waals surface area contributed by atoms with E-state index in [1.54, 1.807) is 0 Å². The van der Waals surface area contributed by atoms with Gasteiger partial charge in [-0.15, -0.1) is 0 Å². The van der Waals surface area contributed by atoms with Crippen molar-refractivity contribution in [1.82, 2.24) is 0 Å². The SMILES string of the molecule is CC(C)CCCCCCCCCCCCCCC(=O)O[C@H](COC(=O)CCCCCCCCCCCCC(C)C)COP(=O)(O)OCC(O)COP(=O)(O)OC[C@@H](COC(=O)CCCCCCCCCC(C)C)OC(=O)CCCCCCCCC(C)C. The minimum atomic E-state index is -4.95. The quantitative estimate of drug-likeness (QED) is 0.0222. The molecule has 0 saturated heterocycles. The number of aliphatic hydroxyl groups excluding tert-OH is 1. The summed E-state index contributed by atoms with van der Waals surface area (Å²) in [5.41, 5.74) is 0. The molecule has 0 spiro atoms. The standard InChI is InChI=1S/C68H132O17P2/c1-58(2)44-36-28-20-15-11-9-10-12-18-24-34-42-50-67(72)84-63(54-78-65(70)48-40-32-23-17-14-13-16-21-29-37-45-59(3)4)56-82-86(74,75)80-52-62(69)53-81-87(76,77)83-57-64(85-68(73)51-43-35-27-26-31-39-47-61(7)8)55-79-66(71)49-41-33-25-19-22-30-38-46-60(5)6/h58-64,69H,9-57H2,1-8H3,(H,74,75)(H,76,77)/t62?,63-,64-/m1/s1. The van der Waals surface area contributed by atoms with Crippen LogP contribution >= 0.6 is 15.6 Å². The van der Waals surface area contributed by atoms with E-state index in [9.17, 15) is 43.2 Å². The summed E-state index contributed by atoms with van der Waals surface area (Å²) >= 11 is 0. The van der Waals surface area contributed by atoms with Crippen LogP contribution in [0, 0.1) is 23.7 Å². The summed E-state index contributed by atoms with van der Waals surface area (Å²) < 4.78 is 68.1. The number of aliphatic hydroxyl groups is 1. The first kappa shape index (κ1) is 85.1. The van der Waals surface area contributed by atoms with Crippen molar-refractivity contribution >= 4 is 39.5 Å². The first-order chi connectivity index (χ1) is 41.6. The van der Waals surface area contributed by atoms with E-state index in [0.717, 1.165) is 108 Å². The van der Waals surface area contributed by atoms with E-state index in [2.05, 4.69) is 55.4 Å². The highest BCUT2D eigenvalue weighted by Crippen LogP contribution is 2.45. The summed E-state index contributed by atoms with van der Waals surface area (Å²) in [6.45, 7) is 14.0. The number of phosphoric ester groups is 2. The Bertz CT molecular complexity index is 1730. The van der Waals surface area contributed by atoms with Crippen LogP contribution in [0.4, 0.5) is 0 Å². The Morgan fingerprint density at radius 3 is 0.713 bits per heavy atom. The summed E-state index contributed by atoms with van der Waals surface area (Å²) in [6.07, 6.45) is 39.2. The Morgan fingerprint density at radius 2 is 0.483 bits per heavy atom. The van der Waals surface area contributed by atoms with Gasteiger partial charge in [-0.2, -0.15) is 0 Å². The smallest absolute Gasteiger partial charge is 0.462 e. The lowest BCUT2D eigenvalue weighted by molar-refractivity contribution is -0.161. The van der Waals surface area contributed by atoms with Gasteiger partial charge in [-0.05, 0) is 49.4 Å². The molecule has 0 fully saturated rings. The average molecular weight is 1280 g/mol.